The van der Waals surface area contributed by atoms with Gasteiger partial charge in [-0.05, 0) is 24.9 Å². The van der Waals surface area contributed by atoms with Gasteiger partial charge < -0.3 is 9.26 Å². The molecule has 0 radical (unpaired) electrons. The molecule has 0 N–H and O–H groups in total. The Morgan fingerprint density at radius 2 is 2.23 bits per heavy atom. The van der Waals surface area contributed by atoms with E-state index >= 15 is 0 Å². The second-order valence-electron chi connectivity index (χ2n) is 5.42. The molecule has 1 fully saturated rings. The number of rotatable bonds is 5. The van der Waals surface area contributed by atoms with Crippen molar-refractivity contribution in [3.8, 4) is 0 Å². The summed E-state index contributed by atoms with van der Waals surface area (Å²) in [4.78, 5) is 18.2. The molecule has 1 aromatic heterocycles. The Morgan fingerprint density at radius 1 is 1.41 bits per heavy atom. The Hall–Kier alpha value is -2.21. The van der Waals surface area contributed by atoms with E-state index in [1.165, 1.54) is 7.11 Å². The first-order valence-corrected chi connectivity index (χ1v) is 7.43. The molecule has 6 heteroatoms. The minimum absolute atomic E-state index is 0.189. The van der Waals surface area contributed by atoms with E-state index < -0.39 is 0 Å². The van der Waals surface area contributed by atoms with Gasteiger partial charge in [-0.25, -0.2) is 0 Å². The van der Waals surface area contributed by atoms with Crippen molar-refractivity contribution in [1.82, 2.24) is 15.0 Å². The van der Waals surface area contributed by atoms with E-state index in [0.29, 0.717) is 24.7 Å². The van der Waals surface area contributed by atoms with Crippen LogP contribution in [0, 0.1) is 0 Å². The molecule has 0 amide bonds. The number of aromatic nitrogens is 2. The third-order valence-corrected chi connectivity index (χ3v) is 3.89. The van der Waals surface area contributed by atoms with Gasteiger partial charge in [-0.3, -0.25) is 9.69 Å². The zero-order chi connectivity index (χ0) is 15.4. The number of benzene rings is 1. The van der Waals surface area contributed by atoms with Gasteiger partial charge in [0.25, 0.3) is 0 Å². The lowest BCUT2D eigenvalue weighted by atomic mass is 10.1. The first-order chi connectivity index (χ1) is 10.8. The molecule has 0 bridgehead atoms. The summed E-state index contributed by atoms with van der Waals surface area (Å²) in [6.45, 7) is 1.36. The molecule has 22 heavy (non-hydrogen) atoms. The monoisotopic (exact) mass is 301 g/mol. The highest BCUT2D eigenvalue weighted by Gasteiger charge is 2.32. The third kappa shape index (κ3) is 3.33. The number of carbonyl (C=O) groups excluding carboxylic acids is 1. The molecule has 0 spiro atoms. The molecule has 0 unspecified atom stereocenters. The van der Waals surface area contributed by atoms with E-state index in [2.05, 4.69) is 10.1 Å². The fourth-order valence-corrected chi connectivity index (χ4v) is 2.80. The summed E-state index contributed by atoms with van der Waals surface area (Å²) in [6.07, 6.45) is 2.42. The summed E-state index contributed by atoms with van der Waals surface area (Å²) >= 11 is 0. The van der Waals surface area contributed by atoms with Crippen molar-refractivity contribution in [2.75, 3.05) is 13.7 Å². The predicted molar refractivity (Wildman–Crippen MR) is 79.0 cm³/mol. The van der Waals surface area contributed by atoms with Crippen LogP contribution < -0.4 is 0 Å². The van der Waals surface area contributed by atoms with Crippen molar-refractivity contribution in [3.05, 3.63) is 47.6 Å². The lowest BCUT2D eigenvalue weighted by Crippen LogP contribution is -2.36. The topological polar surface area (TPSA) is 68.5 Å². The van der Waals surface area contributed by atoms with Crippen molar-refractivity contribution < 1.29 is 14.1 Å². The van der Waals surface area contributed by atoms with Crippen LogP contribution in [0.25, 0.3) is 0 Å². The SMILES string of the molecule is COC(=O)[C@H]1CCCN1Cc1noc(Cc2ccccc2)n1. The normalized spacial score (nSPS) is 18.5. The summed E-state index contributed by atoms with van der Waals surface area (Å²) in [5.74, 6) is 1.02. The molecule has 1 aliphatic rings. The van der Waals surface area contributed by atoms with Gasteiger partial charge in [-0.15, -0.1) is 0 Å². The molecular weight excluding hydrogens is 282 g/mol. The molecular formula is C16H19N3O3. The molecule has 1 aromatic carbocycles. The third-order valence-electron chi connectivity index (χ3n) is 3.89. The molecule has 0 saturated carbocycles. The number of ether oxygens (including phenoxy) is 1. The van der Waals surface area contributed by atoms with Gasteiger partial charge in [0.1, 0.15) is 6.04 Å². The van der Waals surface area contributed by atoms with Crippen LogP contribution >= 0.6 is 0 Å². The van der Waals surface area contributed by atoms with Crippen LogP contribution in [0.1, 0.15) is 30.1 Å². The second-order valence-corrected chi connectivity index (χ2v) is 5.42. The first-order valence-electron chi connectivity index (χ1n) is 7.43. The summed E-state index contributed by atoms with van der Waals surface area (Å²) < 4.78 is 10.1. The van der Waals surface area contributed by atoms with Gasteiger partial charge in [0.2, 0.25) is 5.89 Å². The fourth-order valence-electron chi connectivity index (χ4n) is 2.80. The molecule has 116 valence electrons. The van der Waals surface area contributed by atoms with Crippen molar-refractivity contribution in [2.24, 2.45) is 0 Å². The van der Waals surface area contributed by atoms with Gasteiger partial charge in [-0.2, -0.15) is 4.98 Å². The summed E-state index contributed by atoms with van der Waals surface area (Å²) in [5, 5.41) is 4.02. The maximum Gasteiger partial charge on any atom is 0.323 e. The van der Waals surface area contributed by atoms with E-state index in [9.17, 15) is 4.79 Å². The Kier molecular flexibility index (Phi) is 4.48. The van der Waals surface area contributed by atoms with Crippen LogP contribution in [0.2, 0.25) is 0 Å². The van der Waals surface area contributed by atoms with E-state index in [1.54, 1.807) is 0 Å². The summed E-state index contributed by atoms with van der Waals surface area (Å²) in [5.41, 5.74) is 1.13. The van der Waals surface area contributed by atoms with Crippen LogP contribution in [0.15, 0.2) is 34.9 Å². The minimum atomic E-state index is -0.193. The average Bonchev–Trinajstić information content (AvgIpc) is 3.18. The van der Waals surface area contributed by atoms with E-state index in [-0.39, 0.29) is 12.0 Å². The number of likely N-dealkylation sites (tertiary alicyclic amines) is 1. The molecule has 3 rings (SSSR count). The molecule has 0 aliphatic carbocycles. The van der Waals surface area contributed by atoms with Gasteiger partial charge >= 0.3 is 5.97 Å². The van der Waals surface area contributed by atoms with Gasteiger partial charge in [0, 0.05) is 0 Å². The van der Waals surface area contributed by atoms with Crippen LogP contribution in [0.5, 0.6) is 0 Å². The standard InChI is InChI=1S/C16H19N3O3/c1-21-16(20)13-8-5-9-19(13)11-14-17-15(22-18-14)10-12-6-3-2-4-7-12/h2-4,6-7,13H,5,8-11H2,1H3/t13-/m1/s1. The van der Waals surface area contributed by atoms with Gasteiger partial charge in [0.05, 0.1) is 20.1 Å². The number of methoxy groups -OCH3 is 1. The number of hydrogen-bond acceptors (Lipinski definition) is 6. The van der Waals surface area contributed by atoms with Crippen LogP contribution in [0.3, 0.4) is 0 Å². The Bertz CT molecular complexity index is 627. The first kappa shape index (κ1) is 14.7. The van der Waals surface area contributed by atoms with E-state index in [0.717, 1.165) is 24.9 Å². The average molecular weight is 301 g/mol. The molecule has 2 heterocycles. The van der Waals surface area contributed by atoms with E-state index in [4.69, 9.17) is 9.26 Å². The number of carbonyl (C=O) groups is 1. The Labute approximate surface area is 129 Å². The molecule has 2 aromatic rings. The maximum atomic E-state index is 11.7. The predicted octanol–water partition coefficient (Wildman–Crippen LogP) is 1.80. The Morgan fingerprint density at radius 3 is 3.00 bits per heavy atom. The quantitative estimate of drug-likeness (QED) is 0.784. The fraction of sp³-hybridized carbons (Fsp3) is 0.438. The zero-order valence-electron chi connectivity index (χ0n) is 12.6. The number of hydrogen-bond donors (Lipinski definition) is 0. The lowest BCUT2D eigenvalue weighted by molar-refractivity contribution is -0.146. The summed E-state index contributed by atoms with van der Waals surface area (Å²) in [7, 11) is 1.42. The van der Waals surface area contributed by atoms with Crippen LogP contribution in [-0.2, 0) is 22.5 Å². The largest absolute Gasteiger partial charge is 0.468 e. The zero-order valence-corrected chi connectivity index (χ0v) is 12.6. The van der Waals surface area contributed by atoms with E-state index in [1.807, 2.05) is 35.2 Å². The lowest BCUT2D eigenvalue weighted by Gasteiger charge is -2.20. The molecule has 6 nitrogen and oxygen atoms in total. The summed E-state index contributed by atoms with van der Waals surface area (Å²) in [6, 6.07) is 9.80. The van der Waals surface area contributed by atoms with Crippen molar-refractivity contribution in [1.29, 1.82) is 0 Å². The highest BCUT2D eigenvalue weighted by Crippen LogP contribution is 2.20. The highest BCUT2D eigenvalue weighted by atomic mass is 16.5. The number of esters is 1. The van der Waals surface area contributed by atoms with Gasteiger partial charge in [-0.1, -0.05) is 35.5 Å². The van der Waals surface area contributed by atoms with Gasteiger partial charge in [0.15, 0.2) is 5.82 Å². The Balaban J connectivity index is 1.63. The van der Waals surface area contributed by atoms with Crippen molar-refractivity contribution in [3.63, 3.8) is 0 Å². The molecule has 1 atom stereocenters. The van der Waals surface area contributed by atoms with Crippen molar-refractivity contribution >= 4 is 5.97 Å². The maximum absolute atomic E-state index is 11.7. The second kappa shape index (κ2) is 6.70. The van der Waals surface area contributed by atoms with Crippen LogP contribution in [-0.4, -0.2) is 40.7 Å². The van der Waals surface area contributed by atoms with Crippen molar-refractivity contribution in [2.45, 2.75) is 31.8 Å². The molecule has 1 saturated heterocycles. The highest BCUT2D eigenvalue weighted by molar-refractivity contribution is 5.75. The number of nitrogens with zero attached hydrogens (tertiary/aromatic N) is 3. The minimum Gasteiger partial charge on any atom is -0.468 e. The molecule has 1 aliphatic heterocycles. The smallest absolute Gasteiger partial charge is 0.323 e. The van der Waals surface area contributed by atoms with Crippen LogP contribution in [0.4, 0.5) is 0 Å².